The zero-order chi connectivity index (χ0) is 24.0. The maximum absolute atomic E-state index is 12.7. The molecule has 33 heavy (non-hydrogen) atoms. The fourth-order valence-electron chi connectivity index (χ4n) is 3.48. The number of rotatable bonds is 9. The molecule has 1 aliphatic heterocycles. The summed E-state index contributed by atoms with van der Waals surface area (Å²) in [6.45, 7) is 5.42. The number of carbonyl (C=O) groups is 1. The molecular formula is C20H26N6O6S. The van der Waals surface area contributed by atoms with Gasteiger partial charge >= 0.3 is 5.69 Å². The Morgan fingerprint density at radius 1 is 1.15 bits per heavy atom. The van der Waals surface area contributed by atoms with Crippen molar-refractivity contribution in [1.29, 1.82) is 0 Å². The molecule has 178 valence electrons. The molecule has 0 aliphatic carbocycles. The molecule has 2 heterocycles. The maximum atomic E-state index is 12.7. The van der Waals surface area contributed by atoms with Gasteiger partial charge in [-0.2, -0.15) is 4.31 Å². The Labute approximate surface area is 192 Å². The first-order chi connectivity index (χ1) is 15.8. The molecule has 3 rings (SSSR count). The molecule has 0 radical (unpaired) electrons. The molecule has 0 saturated carbocycles. The molecule has 1 aromatic heterocycles. The highest BCUT2D eigenvalue weighted by Crippen LogP contribution is 2.31. The van der Waals surface area contributed by atoms with Gasteiger partial charge in [0.15, 0.2) is 12.4 Å². The number of amides is 1. The van der Waals surface area contributed by atoms with Crippen LogP contribution in [-0.4, -0.2) is 84.3 Å². The van der Waals surface area contributed by atoms with Crippen LogP contribution in [0.1, 0.15) is 13.8 Å². The lowest BCUT2D eigenvalue weighted by atomic mass is 10.3. The van der Waals surface area contributed by atoms with E-state index < -0.39 is 27.2 Å². The quantitative estimate of drug-likeness (QED) is 0.383. The molecule has 1 fully saturated rings. The Hall–Kier alpha value is -3.32. The van der Waals surface area contributed by atoms with E-state index in [0.29, 0.717) is 32.1 Å². The number of carbonyl (C=O) groups excluding carboxylic acids is 1. The van der Waals surface area contributed by atoms with Gasteiger partial charge in [-0.1, -0.05) is 13.8 Å². The third kappa shape index (κ3) is 5.54. The van der Waals surface area contributed by atoms with E-state index >= 15 is 0 Å². The van der Waals surface area contributed by atoms with Crippen molar-refractivity contribution < 1.29 is 22.9 Å². The Kier molecular flexibility index (Phi) is 7.76. The highest BCUT2D eigenvalue weighted by molar-refractivity contribution is 7.89. The summed E-state index contributed by atoms with van der Waals surface area (Å²) in [4.78, 5) is 35.1. The molecule has 0 spiro atoms. The number of sulfonamides is 1. The molecule has 2 aromatic rings. The zero-order valence-corrected chi connectivity index (χ0v) is 19.3. The minimum atomic E-state index is -3.87. The van der Waals surface area contributed by atoms with E-state index in [1.54, 1.807) is 37.2 Å². The van der Waals surface area contributed by atoms with Gasteiger partial charge in [0.1, 0.15) is 0 Å². The molecule has 0 N–H and O–H groups in total. The highest BCUT2D eigenvalue weighted by Gasteiger charge is 2.27. The van der Waals surface area contributed by atoms with Crippen LogP contribution in [0.15, 0.2) is 41.6 Å². The number of nitro groups is 1. The first kappa shape index (κ1) is 24.3. The average Bonchev–Trinajstić information content (AvgIpc) is 2.83. The number of nitrogens with zero attached hydrogens (tertiary/aromatic N) is 6. The topological polar surface area (TPSA) is 139 Å². The van der Waals surface area contributed by atoms with Crippen molar-refractivity contribution >= 4 is 27.6 Å². The van der Waals surface area contributed by atoms with Gasteiger partial charge in [0.05, 0.1) is 9.82 Å². The van der Waals surface area contributed by atoms with Gasteiger partial charge in [-0.15, -0.1) is 0 Å². The van der Waals surface area contributed by atoms with E-state index in [4.69, 9.17) is 4.74 Å². The number of benzene rings is 1. The lowest BCUT2D eigenvalue weighted by molar-refractivity contribution is -0.386. The minimum absolute atomic E-state index is 0.164. The van der Waals surface area contributed by atoms with E-state index in [1.807, 2.05) is 4.90 Å². The maximum Gasteiger partial charge on any atom is 0.312 e. The number of nitro benzene ring substituents is 1. The molecule has 1 aromatic carbocycles. The van der Waals surface area contributed by atoms with Gasteiger partial charge in [-0.3, -0.25) is 14.9 Å². The minimum Gasteiger partial charge on any atom is -0.477 e. The van der Waals surface area contributed by atoms with Crippen LogP contribution in [0.4, 0.5) is 11.6 Å². The standard InChI is InChI=1S/C20H26N6O6S/c1-3-25(4-2)33(30,31)16-6-7-18(17(14-16)26(28)29)32-15-19(27)23-10-12-24(13-11-23)20-21-8-5-9-22-20/h5-9,14H,3-4,10-13,15H2,1-2H3. The van der Waals surface area contributed by atoms with Gasteiger partial charge < -0.3 is 14.5 Å². The fraction of sp³-hybridized carbons (Fsp3) is 0.450. The first-order valence-electron chi connectivity index (χ1n) is 10.5. The number of ether oxygens (including phenoxy) is 1. The van der Waals surface area contributed by atoms with Crippen LogP contribution in [0.25, 0.3) is 0 Å². The molecule has 12 nitrogen and oxygen atoms in total. The van der Waals surface area contributed by atoms with E-state index in [0.717, 1.165) is 6.07 Å². The van der Waals surface area contributed by atoms with Crippen LogP contribution >= 0.6 is 0 Å². The van der Waals surface area contributed by atoms with Gasteiger partial charge in [-0.25, -0.2) is 18.4 Å². The Bertz CT molecular complexity index is 1090. The summed E-state index contributed by atoms with van der Waals surface area (Å²) in [5.41, 5.74) is -0.512. The Morgan fingerprint density at radius 2 is 1.79 bits per heavy atom. The van der Waals surface area contributed by atoms with Crippen LogP contribution in [-0.2, 0) is 14.8 Å². The van der Waals surface area contributed by atoms with Crippen LogP contribution < -0.4 is 9.64 Å². The summed E-state index contributed by atoms with van der Waals surface area (Å²) in [7, 11) is -3.87. The fourth-order valence-corrected chi connectivity index (χ4v) is 4.95. The van der Waals surface area contributed by atoms with Crippen LogP contribution in [0.3, 0.4) is 0 Å². The second kappa shape index (κ2) is 10.5. The molecule has 13 heteroatoms. The monoisotopic (exact) mass is 478 g/mol. The van der Waals surface area contributed by atoms with Crippen molar-refractivity contribution in [2.24, 2.45) is 0 Å². The highest BCUT2D eigenvalue weighted by atomic mass is 32.2. The number of hydrogen-bond donors (Lipinski definition) is 0. The molecule has 0 bridgehead atoms. The van der Waals surface area contributed by atoms with Crippen molar-refractivity contribution in [2.45, 2.75) is 18.7 Å². The molecular weight excluding hydrogens is 452 g/mol. The Balaban J connectivity index is 1.65. The molecule has 1 saturated heterocycles. The smallest absolute Gasteiger partial charge is 0.312 e. The predicted molar refractivity (Wildman–Crippen MR) is 120 cm³/mol. The van der Waals surface area contributed by atoms with Crippen molar-refractivity contribution in [2.75, 3.05) is 50.8 Å². The van der Waals surface area contributed by atoms with Gasteiger partial charge in [0.2, 0.25) is 16.0 Å². The summed E-state index contributed by atoms with van der Waals surface area (Å²) in [6, 6.07) is 5.16. The van der Waals surface area contributed by atoms with Crippen molar-refractivity contribution in [3.8, 4) is 5.75 Å². The summed E-state index contributed by atoms with van der Waals surface area (Å²) in [5, 5.41) is 11.5. The van der Waals surface area contributed by atoms with E-state index in [1.165, 1.54) is 16.4 Å². The second-order valence-electron chi connectivity index (χ2n) is 7.18. The van der Waals surface area contributed by atoms with Crippen LogP contribution in [0, 0.1) is 10.1 Å². The lowest BCUT2D eigenvalue weighted by Crippen LogP contribution is -2.50. The summed E-state index contributed by atoms with van der Waals surface area (Å²) < 4.78 is 32.0. The van der Waals surface area contributed by atoms with Crippen molar-refractivity contribution in [3.63, 3.8) is 0 Å². The second-order valence-corrected chi connectivity index (χ2v) is 9.12. The van der Waals surface area contributed by atoms with E-state index in [9.17, 15) is 23.3 Å². The van der Waals surface area contributed by atoms with Gasteiger partial charge in [0, 0.05) is 57.7 Å². The lowest BCUT2D eigenvalue weighted by Gasteiger charge is -2.34. The Morgan fingerprint density at radius 3 is 2.36 bits per heavy atom. The number of hydrogen-bond acceptors (Lipinski definition) is 9. The van der Waals surface area contributed by atoms with E-state index in [2.05, 4.69) is 9.97 Å². The number of piperazine rings is 1. The third-order valence-electron chi connectivity index (χ3n) is 5.29. The SMILES string of the molecule is CCN(CC)S(=O)(=O)c1ccc(OCC(=O)N2CCN(c3ncccn3)CC2)c([N+](=O)[O-])c1. The zero-order valence-electron chi connectivity index (χ0n) is 18.5. The molecule has 0 unspecified atom stereocenters. The third-order valence-corrected chi connectivity index (χ3v) is 7.33. The summed E-state index contributed by atoms with van der Waals surface area (Å²) >= 11 is 0. The molecule has 0 atom stereocenters. The molecule has 1 amide bonds. The van der Waals surface area contributed by atoms with E-state index in [-0.39, 0.29) is 29.6 Å². The van der Waals surface area contributed by atoms with Crippen LogP contribution in [0.2, 0.25) is 0 Å². The number of aromatic nitrogens is 2. The largest absolute Gasteiger partial charge is 0.477 e. The van der Waals surface area contributed by atoms with Crippen molar-refractivity contribution in [3.05, 3.63) is 46.8 Å². The summed E-state index contributed by atoms with van der Waals surface area (Å²) in [5.74, 6) is 0.108. The van der Waals surface area contributed by atoms with Gasteiger partial charge in [-0.05, 0) is 18.2 Å². The van der Waals surface area contributed by atoms with Crippen LogP contribution in [0.5, 0.6) is 5.75 Å². The molecule has 1 aliphatic rings. The average molecular weight is 479 g/mol. The predicted octanol–water partition coefficient (Wildman–Crippen LogP) is 1.14. The summed E-state index contributed by atoms with van der Waals surface area (Å²) in [6.07, 6.45) is 3.30. The number of anilines is 1. The van der Waals surface area contributed by atoms with Crippen molar-refractivity contribution in [1.82, 2.24) is 19.2 Å². The van der Waals surface area contributed by atoms with Gasteiger partial charge in [0.25, 0.3) is 5.91 Å². The normalized spacial score (nSPS) is 14.4. The first-order valence-corrected chi connectivity index (χ1v) is 11.9.